The summed E-state index contributed by atoms with van der Waals surface area (Å²) in [6.45, 7) is 0. The third kappa shape index (κ3) is 1.07. The molecule has 2 fully saturated rings. The average molecular weight is 139 g/mol. The van der Waals surface area contributed by atoms with Gasteiger partial charge in [-0.2, -0.15) is 0 Å². The Kier molecular flexibility index (Phi) is 1.69. The van der Waals surface area contributed by atoms with E-state index in [1.165, 1.54) is 38.5 Å². The Bertz CT molecular complexity index is 120. The van der Waals surface area contributed by atoms with Crippen molar-refractivity contribution in [3.63, 3.8) is 0 Å². The molecule has 0 spiro atoms. The summed E-state index contributed by atoms with van der Waals surface area (Å²) < 4.78 is 0. The maximum absolute atomic E-state index is 5.99. The van der Waals surface area contributed by atoms with Gasteiger partial charge in [0.1, 0.15) is 0 Å². The lowest BCUT2D eigenvalue weighted by Crippen LogP contribution is -2.38. The van der Waals surface area contributed by atoms with Gasteiger partial charge in [-0.05, 0) is 37.5 Å². The minimum atomic E-state index is 0.552. The Morgan fingerprint density at radius 1 is 1.00 bits per heavy atom. The minimum absolute atomic E-state index is 0.552. The van der Waals surface area contributed by atoms with Gasteiger partial charge in [-0.3, -0.25) is 0 Å². The van der Waals surface area contributed by atoms with E-state index in [4.69, 9.17) is 5.73 Å². The van der Waals surface area contributed by atoms with Crippen molar-refractivity contribution in [3.8, 4) is 0 Å². The molecule has 2 N–H and O–H groups in total. The van der Waals surface area contributed by atoms with Crippen LogP contribution in [-0.4, -0.2) is 6.04 Å². The van der Waals surface area contributed by atoms with Crippen molar-refractivity contribution in [1.29, 1.82) is 0 Å². The van der Waals surface area contributed by atoms with Crippen molar-refractivity contribution in [3.05, 3.63) is 0 Å². The van der Waals surface area contributed by atoms with Gasteiger partial charge in [0.15, 0.2) is 0 Å². The van der Waals surface area contributed by atoms with Gasteiger partial charge >= 0.3 is 0 Å². The van der Waals surface area contributed by atoms with Crippen LogP contribution in [0.4, 0.5) is 0 Å². The van der Waals surface area contributed by atoms with E-state index in [0.29, 0.717) is 6.04 Å². The van der Waals surface area contributed by atoms with Crippen molar-refractivity contribution in [1.82, 2.24) is 0 Å². The first-order chi connectivity index (χ1) is 4.86. The van der Waals surface area contributed by atoms with E-state index in [1.54, 1.807) is 0 Å². The molecule has 2 aliphatic carbocycles. The second kappa shape index (κ2) is 2.54. The quantitative estimate of drug-likeness (QED) is 0.545. The Balaban J connectivity index is 2.00. The van der Waals surface area contributed by atoms with Crippen LogP contribution in [0, 0.1) is 11.8 Å². The van der Waals surface area contributed by atoms with Crippen molar-refractivity contribution in [2.45, 2.75) is 44.6 Å². The van der Waals surface area contributed by atoms with Gasteiger partial charge in [0, 0.05) is 6.04 Å². The molecular weight excluding hydrogens is 122 g/mol. The van der Waals surface area contributed by atoms with Crippen LogP contribution >= 0.6 is 0 Å². The lowest BCUT2D eigenvalue weighted by atomic mass is 9.70. The molecule has 0 aromatic rings. The smallest absolute Gasteiger partial charge is 0.00673 e. The molecule has 2 saturated carbocycles. The van der Waals surface area contributed by atoms with E-state index >= 15 is 0 Å². The summed E-state index contributed by atoms with van der Waals surface area (Å²) in [6, 6.07) is 0.552. The Morgan fingerprint density at radius 3 is 2.70 bits per heavy atom. The Morgan fingerprint density at radius 2 is 1.90 bits per heavy atom. The molecule has 0 saturated heterocycles. The first-order valence-corrected chi connectivity index (χ1v) is 4.62. The average Bonchev–Trinajstić information content (AvgIpc) is 1.99. The molecule has 1 heteroatoms. The van der Waals surface area contributed by atoms with E-state index < -0.39 is 0 Å². The first-order valence-electron chi connectivity index (χ1n) is 4.62. The standard InChI is InChI=1S/C9H17N/c10-9-5-4-7-2-1-3-8(9)6-7/h7-9H,1-6,10H2. The minimum Gasteiger partial charge on any atom is -0.327 e. The molecule has 2 aliphatic rings. The molecule has 0 aliphatic heterocycles. The van der Waals surface area contributed by atoms with E-state index in [1.807, 2.05) is 0 Å². The zero-order valence-electron chi connectivity index (χ0n) is 6.55. The van der Waals surface area contributed by atoms with E-state index in [9.17, 15) is 0 Å². The molecular formula is C9H17N. The lowest BCUT2D eigenvalue weighted by Gasteiger charge is -2.38. The van der Waals surface area contributed by atoms with Crippen LogP contribution in [0.5, 0.6) is 0 Å². The van der Waals surface area contributed by atoms with Crippen LogP contribution in [0.2, 0.25) is 0 Å². The predicted molar refractivity (Wildman–Crippen MR) is 42.7 cm³/mol. The van der Waals surface area contributed by atoms with Crippen LogP contribution in [0.15, 0.2) is 0 Å². The van der Waals surface area contributed by atoms with Crippen molar-refractivity contribution < 1.29 is 0 Å². The van der Waals surface area contributed by atoms with Gasteiger partial charge in [-0.1, -0.05) is 12.8 Å². The molecule has 0 radical (unpaired) electrons. The number of nitrogens with two attached hydrogens (primary N) is 1. The van der Waals surface area contributed by atoms with E-state index in [0.717, 1.165) is 11.8 Å². The molecule has 2 bridgehead atoms. The van der Waals surface area contributed by atoms with Crippen molar-refractivity contribution in [2.24, 2.45) is 17.6 Å². The zero-order chi connectivity index (χ0) is 6.97. The third-order valence-corrected chi connectivity index (χ3v) is 3.34. The normalized spacial score (nSPS) is 47.1. The fourth-order valence-corrected chi connectivity index (χ4v) is 2.65. The van der Waals surface area contributed by atoms with Gasteiger partial charge in [0.2, 0.25) is 0 Å². The van der Waals surface area contributed by atoms with Crippen LogP contribution < -0.4 is 5.73 Å². The molecule has 0 amide bonds. The zero-order valence-corrected chi connectivity index (χ0v) is 6.55. The maximum atomic E-state index is 5.99. The highest BCUT2D eigenvalue weighted by molar-refractivity contribution is 4.85. The number of hydrogen-bond donors (Lipinski definition) is 1. The fraction of sp³-hybridized carbons (Fsp3) is 1.00. The fourth-order valence-electron chi connectivity index (χ4n) is 2.65. The molecule has 0 heterocycles. The third-order valence-electron chi connectivity index (χ3n) is 3.34. The number of rotatable bonds is 0. The summed E-state index contributed by atoms with van der Waals surface area (Å²) in [6.07, 6.45) is 8.51. The number of fused-ring (bicyclic) bond motifs is 2. The number of hydrogen-bond acceptors (Lipinski definition) is 1. The topological polar surface area (TPSA) is 26.0 Å². The van der Waals surface area contributed by atoms with Crippen LogP contribution in [0.1, 0.15) is 38.5 Å². The van der Waals surface area contributed by atoms with Gasteiger partial charge in [0.25, 0.3) is 0 Å². The summed E-state index contributed by atoms with van der Waals surface area (Å²) in [5.74, 6) is 1.95. The molecule has 58 valence electrons. The van der Waals surface area contributed by atoms with Crippen LogP contribution in [-0.2, 0) is 0 Å². The van der Waals surface area contributed by atoms with Gasteiger partial charge in [0.05, 0.1) is 0 Å². The second-order valence-corrected chi connectivity index (χ2v) is 4.03. The summed E-state index contributed by atoms with van der Waals surface area (Å²) >= 11 is 0. The molecule has 0 aromatic carbocycles. The predicted octanol–water partition coefficient (Wildman–Crippen LogP) is 1.91. The molecule has 10 heavy (non-hydrogen) atoms. The summed E-state index contributed by atoms with van der Waals surface area (Å²) in [7, 11) is 0. The summed E-state index contributed by atoms with van der Waals surface area (Å²) in [4.78, 5) is 0. The Hall–Kier alpha value is -0.0400. The highest BCUT2D eigenvalue weighted by atomic mass is 14.7. The Labute approximate surface area is 63.0 Å². The van der Waals surface area contributed by atoms with Crippen LogP contribution in [0.3, 0.4) is 0 Å². The maximum Gasteiger partial charge on any atom is 0.00673 e. The molecule has 3 atom stereocenters. The van der Waals surface area contributed by atoms with Gasteiger partial charge in [-0.15, -0.1) is 0 Å². The van der Waals surface area contributed by atoms with Crippen molar-refractivity contribution in [2.75, 3.05) is 0 Å². The largest absolute Gasteiger partial charge is 0.327 e. The second-order valence-electron chi connectivity index (χ2n) is 4.03. The first kappa shape index (κ1) is 6.66. The van der Waals surface area contributed by atoms with Gasteiger partial charge in [-0.25, -0.2) is 0 Å². The SMILES string of the molecule is NC1CCC2CCCC1C2. The summed E-state index contributed by atoms with van der Waals surface area (Å²) in [5, 5.41) is 0. The summed E-state index contributed by atoms with van der Waals surface area (Å²) in [5.41, 5.74) is 5.99. The molecule has 2 rings (SSSR count). The van der Waals surface area contributed by atoms with Crippen molar-refractivity contribution >= 4 is 0 Å². The monoisotopic (exact) mass is 139 g/mol. The molecule has 1 nitrogen and oxygen atoms in total. The van der Waals surface area contributed by atoms with E-state index in [2.05, 4.69) is 0 Å². The highest BCUT2D eigenvalue weighted by Crippen LogP contribution is 2.38. The van der Waals surface area contributed by atoms with Gasteiger partial charge < -0.3 is 5.73 Å². The molecule has 0 aromatic heterocycles. The van der Waals surface area contributed by atoms with E-state index in [-0.39, 0.29) is 0 Å². The highest BCUT2D eigenvalue weighted by Gasteiger charge is 2.30. The van der Waals surface area contributed by atoms with Crippen LogP contribution in [0.25, 0.3) is 0 Å². The molecule has 3 unspecified atom stereocenters. The lowest BCUT2D eigenvalue weighted by molar-refractivity contribution is 0.165.